The van der Waals surface area contributed by atoms with Gasteiger partial charge in [-0.25, -0.2) is 0 Å². The normalized spacial score (nSPS) is 12.1. The first-order valence-electron chi connectivity index (χ1n) is 16.1. The molecule has 0 aromatic carbocycles. The fourth-order valence-electron chi connectivity index (χ4n) is 5.23. The number of carbonyl (C=O) groups is 1. The number of aliphatic carboxylic acids is 1. The summed E-state index contributed by atoms with van der Waals surface area (Å²) < 4.78 is 0. The van der Waals surface area contributed by atoms with Gasteiger partial charge in [-0.3, -0.25) is 0 Å². The van der Waals surface area contributed by atoms with Crippen LogP contribution in [-0.2, 0) is 4.79 Å². The molecule has 0 fully saturated rings. The number of rotatable bonds is 29. The van der Waals surface area contributed by atoms with Crippen LogP contribution in [0.25, 0.3) is 0 Å². The molecule has 1 unspecified atom stereocenters. The number of hydrogen-bond donors (Lipinski definition) is 0. The fraction of sp³-hybridized carbons (Fsp3) is 0.969. The van der Waals surface area contributed by atoms with Gasteiger partial charge in [0.05, 0.1) is 0 Å². The Morgan fingerprint density at radius 3 is 1.03 bits per heavy atom. The van der Waals surface area contributed by atoms with Crippen LogP contribution in [0, 0.1) is 0 Å². The molecule has 36 heavy (non-hydrogen) atoms. The largest absolute Gasteiger partial charge is 1.00 e. The minimum absolute atomic E-state index is 0. The minimum atomic E-state index is -0.910. The van der Waals surface area contributed by atoms with Gasteiger partial charge in [0, 0.05) is 18.4 Å². The van der Waals surface area contributed by atoms with Crippen LogP contribution in [0.1, 0.15) is 181 Å². The maximum absolute atomic E-state index is 11.1. The molecular formula is C32H64LiNO2. The summed E-state index contributed by atoms with van der Waals surface area (Å²) in [5.41, 5.74) is 0. The smallest absolute Gasteiger partial charge is 0.550 e. The fourth-order valence-corrected chi connectivity index (χ4v) is 5.23. The Morgan fingerprint density at radius 1 is 0.528 bits per heavy atom. The molecule has 0 rings (SSSR count). The standard InChI is InChI=1S/C32H65NO2.Li/c1-4-6-8-10-12-14-16-18-20-22-24-26-28-33(31(3)30-32(34)35)29-27-25-23-21-19-17-15-13-11-9-7-5-2;/h31H,4-30H2,1-3H3,(H,34,35);/q;+1/p-1. The first-order valence-corrected chi connectivity index (χ1v) is 16.1. The molecule has 0 aliphatic heterocycles. The molecule has 0 amide bonds. The summed E-state index contributed by atoms with van der Waals surface area (Å²) in [6.07, 6.45) is 32.9. The second-order valence-electron chi connectivity index (χ2n) is 11.2. The molecule has 0 aromatic rings. The van der Waals surface area contributed by atoms with Crippen LogP contribution in [0.3, 0.4) is 0 Å². The van der Waals surface area contributed by atoms with Gasteiger partial charge in [-0.2, -0.15) is 0 Å². The topological polar surface area (TPSA) is 43.4 Å². The van der Waals surface area contributed by atoms with Crippen LogP contribution in [-0.4, -0.2) is 30.0 Å². The Labute approximate surface area is 239 Å². The zero-order valence-electron chi connectivity index (χ0n) is 25.4. The van der Waals surface area contributed by atoms with E-state index in [9.17, 15) is 9.90 Å². The molecule has 1 atom stereocenters. The second kappa shape index (κ2) is 31.2. The second-order valence-corrected chi connectivity index (χ2v) is 11.2. The summed E-state index contributed by atoms with van der Waals surface area (Å²) in [4.78, 5) is 13.5. The molecule has 0 spiro atoms. The molecule has 0 heterocycles. The first kappa shape index (κ1) is 38.2. The SMILES string of the molecule is CCCCCCCCCCCCCCN(CCCCCCCCCCCCCC)C(C)CC(=O)[O-].[Li+]. The molecule has 3 nitrogen and oxygen atoms in total. The van der Waals surface area contributed by atoms with E-state index in [1.807, 2.05) is 0 Å². The molecule has 0 aromatic heterocycles. The average Bonchev–Trinajstić information content (AvgIpc) is 2.83. The van der Waals surface area contributed by atoms with E-state index in [1.165, 1.54) is 154 Å². The monoisotopic (exact) mass is 502 g/mol. The summed E-state index contributed by atoms with van der Waals surface area (Å²) in [5.74, 6) is -0.910. The molecule has 4 heteroatoms. The van der Waals surface area contributed by atoms with Crippen molar-refractivity contribution < 1.29 is 28.8 Å². The van der Waals surface area contributed by atoms with Gasteiger partial charge in [0.2, 0.25) is 0 Å². The van der Waals surface area contributed by atoms with Gasteiger partial charge in [-0.1, -0.05) is 155 Å². The zero-order chi connectivity index (χ0) is 25.8. The van der Waals surface area contributed by atoms with Crippen molar-refractivity contribution in [2.24, 2.45) is 0 Å². The maximum Gasteiger partial charge on any atom is 1.00 e. The third-order valence-corrected chi connectivity index (χ3v) is 7.68. The van der Waals surface area contributed by atoms with Crippen LogP contribution in [0.4, 0.5) is 0 Å². The molecule has 0 N–H and O–H groups in total. The Balaban J connectivity index is 0. The van der Waals surface area contributed by atoms with Crippen molar-refractivity contribution in [2.75, 3.05) is 13.1 Å². The third-order valence-electron chi connectivity index (χ3n) is 7.68. The van der Waals surface area contributed by atoms with Gasteiger partial charge in [-0.05, 0) is 32.9 Å². The van der Waals surface area contributed by atoms with Gasteiger partial charge in [0.15, 0.2) is 0 Å². The van der Waals surface area contributed by atoms with Gasteiger partial charge in [-0.15, -0.1) is 0 Å². The Morgan fingerprint density at radius 2 is 0.778 bits per heavy atom. The van der Waals surface area contributed by atoms with E-state index in [4.69, 9.17) is 0 Å². The average molecular weight is 502 g/mol. The summed E-state index contributed by atoms with van der Waals surface area (Å²) in [6.45, 7) is 8.72. The van der Waals surface area contributed by atoms with Crippen LogP contribution in [0.5, 0.6) is 0 Å². The summed E-state index contributed by atoms with van der Waals surface area (Å²) in [5, 5.41) is 11.1. The van der Waals surface area contributed by atoms with Gasteiger partial charge in [0.25, 0.3) is 0 Å². The molecule has 0 aliphatic rings. The predicted octanol–water partition coefficient (Wildman–Crippen LogP) is 6.22. The Hall–Kier alpha value is 0.0274. The van der Waals surface area contributed by atoms with E-state index in [0.717, 1.165) is 13.1 Å². The van der Waals surface area contributed by atoms with E-state index in [0.29, 0.717) is 0 Å². The number of carboxylic acids is 1. The summed E-state index contributed by atoms with van der Waals surface area (Å²) >= 11 is 0. The van der Waals surface area contributed by atoms with Gasteiger partial charge < -0.3 is 14.8 Å². The Bertz CT molecular complexity index is 404. The van der Waals surface area contributed by atoms with E-state index >= 15 is 0 Å². The van der Waals surface area contributed by atoms with Crippen molar-refractivity contribution >= 4 is 5.97 Å². The van der Waals surface area contributed by atoms with Crippen LogP contribution in [0.2, 0.25) is 0 Å². The van der Waals surface area contributed by atoms with E-state index < -0.39 is 5.97 Å². The van der Waals surface area contributed by atoms with Crippen molar-refractivity contribution in [3.63, 3.8) is 0 Å². The number of nitrogens with zero attached hydrogens (tertiary/aromatic N) is 1. The van der Waals surface area contributed by atoms with E-state index in [-0.39, 0.29) is 31.3 Å². The number of unbranched alkanes of at least 4 members (excludes halogenated alkanes) is 22. The van der Waals surface area contributed by atoms with Crippen molar-refractivity contribution in [2.45, 2.75) is 187 Å². The van der Waals surface area contributed by atoms with Crippen molar-refractivity contribution in [1.82, 2.24) is 4.90 Å². The van der Waals surface area contributed by atoms with Crippen LogP contribution >= 0.6 is 0 Å². The summed E-state index contributed by atoms with van der Waals surface area (Å²) in [7, 11) is 0. The molecule has 210 valence electrons. The van der Waals surface area contributed by atoms with Crippen molar-refractivity contribution in [3.05, 3.63) is 0 Å². The zero-order valence-corrected chi connectivity index (χ0v) is 25.4. The Kier molecular flexibility index (Phi) is 33.1. The molecule has 0 aliphatic carbocycles. The van der Waals surface area contributed by atoms with Crippen LogP contribution in [0.15, 0.2) is 0 Å². The van der Waals surface area contributed by atoms with Crippen molar-refractivity contribution in [3.8, 4) is 0 Å². The molecule has 0 saturated heterocycles. The minimum Gasteiger partial charge on any atom is -0.550 e. The molecule has 0 saturated carbocycles. The quantitative estimate of drug-likeness (QED) is 0.0902. The number of hydrogen-bond acceptors (Lipinski definition) is 3. The van der Waals surface area contributed by atoms with Crippen molar-refractivity contribution in [1.29, 1.82) is 0 Å². The molecule has 0 radical (unpaired) electrons. The van der Waals surface area contributed by atoms with Gasteiger partial charge in [0.1, 0.15) is 0 Å². The maximum atomic E-state index is 11.1. The molecule has 0 bridgehead atoms. The van der Waals surface area contributed by atoms with E-state index in [2.05, 4.69) is 25.7 Å². The number of carbonyl (C=O) groups excluding carboxylic acids is 1. The third kappa shape index (κ3) is 28.6. The predicted molar refractivity (Wildman–Crippen MR) is 153 cm³/mol. The summed E-state index contributed by atoms with van der Waals surface area (Å²) in [6, 6.07) is 0.0976. The van der Waals surface area contributed by atoms with Gasteiger partial charge >= 0.3 is 18.9 Å². The molecular weight excluding hydrogens is 437 g/mol. The number of carboxylic acid groups (broad SMARTS) is 1. The first-order chi connectivity index (χ1) is 17.1. The van der Waals surface area contributed by atoms with E-state index in [1.54, 1.807) is 0 Å². The van der Waals surface area contributed by atoms with Crippen LogP contribution < -0.4 is 24.0 Å².